The maximum Gasteiger partial charge on any atom is 0.336 e. The Morgan fingerprint density at radius 2 is 1.68 bits per heavy atom. The largest absolute Gasteiger partial charge is 0.508 e. The van der Waals surface area contributed by atoms with Gasteiger partial charge in [0.2, 0.25) is 0 Å². The molecule has 0 bridgehead atoms. The van der Waals surface area contributed by atoms with Gasteiger partial charge in [0, 0.05) is 11.0 Å². The second-order valence-corrected chi connectivity index (χ2v) is 8.86. The number of rotatable bonds is 3. The van der Waals surface area contributed by atoms with Crippen molar-refractivity contribution in [2.75, 3.05) is 0 Å². The highest BCUT2D eigenvalue weighted by molar-refractivity contribution is 6.08. The predicted octanol–water partition coefficient (Wildman–Crippen LogP) is 4.74. The molecule has 0 fully saturated rings. The fourth-order valence-corrected chi connectivity index (χ4v) is 4.08. The molecular weight excluding hydrogens is 392 g/mol. The molecule has 0 saturated heterocycles. The molecule has 0 aliphatic heterocycles. The zero-order valence-corrected chi connectivity index (χ0v) is 17.5. The summed E-state index contributed by atoms with van der Waals surface area (Å²) in [5, 5.41) is 19.9. The van der Waals surface area contributed by atoms with Gasteiger partial charge in [0.25, 0.3) is 0 Å². The van der Waals surface area contributed by atoms with Crippen molar-refractivity contribution < 1.29 is 24.6 Å². The average Bonchev–Trinajstić information content (AvgIpc) is 2.70. The molecule has 0 unspecified atom stereocenters. The normalized spacial score (nSPS) is 15.3. The quantitative estimate of drug-likeness (QED) is 0.708. The Kier molecular flexibility index (Phi) is 4.77. The van der Waals surface area contributed by atoms with E-state index in [9.17, 15) is 24.6 Å². The van der Waals surface area contributed by atoms with Gasteiger partial charge >= 0.3 is 5.97 Å². The highest BCUT2D eigenvalue weighted by atomic mass is 16.4. The molecular formula is C26H22O5. The van der Waals surface area contributed by atoms with E-state index in [0.717, 1.165) is 22.3 Å². The van der Waals surface area contributed by atoms with E-state index in [-0.39, 0.29) is 22.9 Å². The first-order valence-corrected chi connectivity index (χ1v) is 9.98. The van der Waals surface area contributed by atoms with Crippen molar-refractivity contribution in [3.63, 3.8) is 0 Å². The SMILES string of the molecule is CC(C)(C)C(=O)c1ccc(C2=C3C=CC(=O)C=C3Cc3cc(O)ccc32)c(C(=O)O)c1. The van der Waals surface area contributed by atoms with E-state index in [0.29, 0.717) is 23.1 Å². The molecule has 4 rings (SSSR count). The van der Waals surface area contributed by atoms with Gasteiger partial charge in [-0.3, -0.25) is 9.59 Å². The lowest BCUT2D eigenvalue weighted by molar-refractivity contribution is -0.110. The number of carboxylic acid groups (broad SMARTS) is 1. The van der Waals surface area contributed by atoms with Crippen LogP contribution in [0.2, 0.25) is 0 Å². The zero-order chi connectivity index (χ0) is 22.5. The second kappa shape index (κ2) is 7.20. The Hall–Kier alpha value is -3.73. The monoisotopic (exact) mass is 414 g/mol. The molecule has 0 spiro atoms. The van der Waals surface area contributed by atoms with Gasteiger partial charge in [-0.25, -0.2) is 4.79 Å². The van der Waals surface area contributed by atoms with E-state index < -0.39 is 11.4 Å². The van der Waals surface area contributed by atoms with Crippen LogP contribution >= 0.6 is 0 Å². The number of carbonyl (C=O) groups is 3. The van der Waals surface area contributed by atoms with Crippen LogP contribution in [0, 0.1) is 5.41 Å². The number of hydrogen-bond acceptors (Lipinski definition) is 4. The van der Waals surface area contributed by atoms with E-state index in [2.05, 4.69) is 0 Å². The maximum absolute atomic E-state index is 12.7. The van der Waals surface area contributed by atoms with Crippen LogP contribution in [0.4, 0.5) is 0 Å². The Bertz CT molecular complexity index is 1250. The molecule has 31 heavy (non-hydrogen) atoms. The van der Waals surface area contributed by atoms with Gasteiger partial charge in [-0.2, -0.15) is 0 Å². The second-order valence-electron chi connectivity index (χ2n) is 8.86. The van der Waals surface area contributed by atoms with E-state index >= 15 is 0 Å². The molecule has 156 valence electrons. The Labute approximate surface area is 180 Å². The summed E-state index contributed by atoms with van der Waals surface area (Å²) < 4.78 is 0. The average molecular weight is 414 g/mol. The van der Waals surface area contributed by atoms with Gasteiger partial charge in [0.15, 0.2) is 11.6 Å². The molecule has 0 aromatic heterocycles. The molecule has 2 aliphatic carbocycles. The van der Waals surface area contributed by atoms with Crippen LogP contribution in [0.5, 0.6) is 5.75 Å². The van der Waals surface area contributed by atoms with Gasteiger partial charge in [-0.15, -0.1) is 0 Å². The molecule has 2 aliphatic rings. The van der Waals surface area contributed by atoms with Crippen LogP contribution < -0.4 is 0 Å². The summed E-state index contributed by atoms with van der Waals surface area (Å²) in [5.41, 5.74) is 3.99. The van der Waals surface area contributed by atoms with Crippen LogP contribution in [0.25, 0.3) is 5.57 Å². The number of carboxylic acids is 1. The number of phenols is 1. The maximum atomic E-state index is 12.7. The third-order valence-electron chi connectivity index (χ3n) is 5.55. The highest BCUT2D eigenvalue weighted by Crippen LogP contribution is 2.42. The molecule has 0 heterocycles. The predicted molar refractivity (Wildman–Crippen MR) is 117 cm³/mol. The summed E-state index contributed by atoms with van der Waals surface area (Å²) in [5.74, 6) is -1.31. The Morgan fingerprint density at radius 1 is 0.968 bits per heavy atom. The number of Topliss-reactive ketones (excluding diaryl/α,β-unsaturated/α-hetero) is 1. The molecule has 0 amide bonds. The van der Waals surface area contributed by atoms with Crippen molar-refractivity contribution in [3.05, 3.63) is 93.6 Å². The van der Waals surface area contributed by atoms with Gasteiger partial charge in [-0.05, 0) is 70.2 Å². The van der Waals surface area contributed by atoms with Gasteiger partial charge in [0.05, 0.1) is 5.56 Å². The van der Waals surface area contributed by atoms with Crippen molar-refractivity contribution >= 4 is 23.1 Å². The fourth-order valence-electron chi connectivity index (χ4n) is 4.08. The van der Waals surface area contributed by atoms with E-state index in [1.807, 2.05) is 0 Å². The number of fused-ring (bicyclic) bond motifs is 2. The Morgan fingerprint density at radius 3 is 2.35 bits per heavy atom. The van der Waals surface area contributed by atoms with Crippen molar-refractivity contribution in [2.45, 2.75) is 27.2 Å². The summed E-state index contributed by atoms with van der Waals surface area (Å²) in [7, 11) is 0. The number of allylic oxidation sites excluding steroid dienone is 5. The first-order chi connectivity index (χ1) is 14.6. The molecule has 5 nitrogen and oxygen atoms in total. The van der Waals surface area contributed by atoms with E-state index in [1.165, 1.54) is 12.1 Å². The molecule has 0 atom stereocenters. The van der Waals surface area contributed by atoms with Gasteiger partial charge in [0.1, 0.15) is 5.75 Å². The smallest absolute Gasteiger partial charge is 0.336 e. The van der Waals surface area contributed by atoms with Crippen LogP contribution in [0.3, 0.4) is 0 Å². The topological polar surface area (TPSA) is 91.7 Å². The van der Waals surface area contributed by atoms with Crippen LogP contribution in [0.15, 0.2) is 65.8 Å². The van der Waals surface area contributed by atoms with Gasteiger partial charge in [-0.1, -0.05) is 45.0 Å². The third-order valence-corrected chi connectivity index (χ3v) is 5.55. The third kappa shape index (κ3) is 3.63. The van der Waals surface area contributed by atoms with Crippen LogP contribution in [-0.4, -0.2) is 27.7 Å². The minimum atomic E-state index is -1.14. The number of ketones is 2. The van der Waals surface area contributed by atoms with Crippen molar-refractivity contribution in [2.24, 2.45) is 5.41 Å². The lowest BCUT2D eigenvalue weighted by Crippen LogP contribution is -2.21. The number of aromatic hydroxyl groups is 1. The first-order valence-electron chi connectivity index (χ1n) is 9.98. The number of carbonyl (C=O) groups excluding carboxylic acids is 2. The summed E-state index contributed by atoms with van der Waals surface area (Å²) in [6.07, 6.45) is 5.17. The summed E-state index contributed by atoms with van der Waals surface area (Å²) in [4.78, 5) is 36.9. The molecule has 2 aromatic rings. The minimum absolute atomic E-state index is 0.0168. The Balaban J connectivity index is 2.00. The fraction of sp³-hybridized carbons (Fsp3) is 0.192. The van der Waals surface area contributed by atoms with Gasteiger partial charge < -0.3 is 10.2 Å². The number of aromatic carboxylic acids is 1. The van der Waals surface area contributed by atoms with Crippen LogP contribution in [0.1, 0.15) is 58.2 Å². The summed E-state index contributed by atoms with van der Waals surface area (Å²) in [6, 6.07) is 9.69. The molecule has 5 heteroatoms. The summed E-state index contributed by atoms with van der Waals surface area (Å²) in [6.45, 7) is 5.37. The number of benzene rings is 2. The van der Waals surface area contributed by atoms with E-state index in [1.54, 1.807) is 63.3 Å². The zero-order valence-electron chi connectivity index (χ0n) is 17.5. The van der Waals surface area contributed by atoms with Crippen molar-refractivity contribution in [3.8, 4) is 5.75 Å². The standard InChI is InChI=1S/C26H22O5/c1-26(2,3)24(29)14-4-7-21(22(13-14)25(30)31)23-19-8-5-17(27)11-15(19)10-16-12-18(28)6-9-20(16)23/h4-9,11-13,27H,10H2,1-3H3,(H,30,31). The molecule has 2 N–H and O–H groups in total. The lowest BCUT2D eigenvalue weighted by Gasteiger charge is -2.27. The lowest BCUT2D eigenvalue weighted by atomic mass is 9.76. The highest BCUT2D eigenvalue weighted by Gasteiger charge is 2.29. The number of phenolic OH excluding ortho intramolecular Hbond substituents is 1. The van der Waals surface area contributed by atoms with Crippen LogP contribution in [-0.2, 0) is 11.2 Å². The molecule has 0 saturated carbocycles. The van der Waals surface area contributed by atoms with E-state index in [4.69, 9.17) is 0 Å². The van der Waals surface area contributed by atoms with Crippen molar-refractivity contribution in [1.29, 1.82) is 0 Å². The molecule has 0 radical (unpaired) electrons. The summed E-state index contributed by atoms with van der Waals surface area (Å²) >= 11 is 0. The van der Waals surface area contributed by atoms with Crippen molar-refractivity contribution in [1.82, 2.24) is 0 Å². The minimum Gasteiger partial charge on any atom is -0.508 e. The first kappa shape index (κ1) is 20.5. The number of hydrogen-bond donors (Lipinski definition) is 2. The molecule has 2 aromatic carbocycles.